The van der Waals surface area contributed by atoms with E-state index in [9.17, 15) is 0 Å². The van der Waals surface area contributed by atoms with Gasteiger partial charge >= 0.3 is 0 Å². The van der Waals surface area contributed by atoms with Crippen molar-refractivity contribution in [1.82, 2.24) is 4.98 Å². The molecule has 0 aliphatic carbocycles. The predicted octanol–water partition coefficient (Wildman–Crippen LogP) is 2.54. The first kappa shape index (κ1) is 12.4. The molecule has 1 aromatic rings. The Bertz CT molecular complexity index is 213. The maximum Gasteiger partial charge on any atom is 0.182 e. The Morgan fingerprint density at radius 1 is 1.54 bits per heavy atom. The zero-order valence-electron chi connectivity index (χ0n) is 8.76. The van der Waals surface area contributed by atoms with Crippen molar-refractivity contribution in [3.8, 4) is 0 Å². The first-order valence-corrected chi connectivity index (χ1v) is 5.36. The van der Waals surface area contributed by atoms with E-state index in [0.29, 0.717) is 0 Å². The van der Waals surface area contributed by atoms with Gasteiger partial charge in [0, 0.05) is 19.0 Å². The van der Waals surface area contributed by atoms with Gasteiger partial charge < -0.3 is 10.1 Å². The Kier molecular flexibility index (Phi) is 7.63. The molecule has 0 atom stereocenters. The topological polar surface area (TPSA) is 34.1 Å². The highest BCUT2D eigenvalue weighted by Gasteiger charge is 1.94. The molecule has 1 rings (SSSR count). The van der Waals surface area contributed by atoms with Gasteiger partial charge in [-0.15, -0.1) is 11.3 Å². The smallest absolute Gasteiger partial charge is 0.182 e. The molecule has 0 saturated carbocycles. The predicted molar refractivity (Wildman–Crippen MR) is 58.6 cm³/mol. The molecule has 3 nitrogen and oxygen atoms in total. The van der Waals surface area contributed by atoms with Crippen LogP contribution < -0.4 is 5.32 Å². The standard InChI is InChI=1S/C7H12N2OS.C2H6/c1-6-5-11-7(9-6)8-3-4-10-2;1-2/h5H,3-4H2,1-2H3,(H,8,9);1-2H3. The number of anilines is 1. The van der Waals surface area contributed by atoms with Crippen molar-refractivity contribution in [3.05, 3.63) is 11.1 Å². The van der Waals surface area contributed by atoms with Crippen molar-refractivity contribution in [2.24, 2.45) is 0 Å². The van der Waals surface area contributed by atoms with Crippen molar-refractivity contribution in [2.75, 3.05) is 25.6 Å². The fourth-order valence-electron chi connectivity index (χ4n) is 0.695. The number of aromatic nitrogens is 1. The third-order valence-corrected chi connectivity index (χ3v) is 2.12. The second-order valence-electron chi connectivity index (χ2n) is 2.21. The lowest BCUT2D eigenvalue weighted by Gasteiger charge is -1.99. The van der Waals surface area contributed by atoms with Crippen LogP contribution >= 0.6 is 11.3 Å². The Morgan fingerprint density at radius 2 is 2.23 bits per heavy atom. The van der Waals surface area contributed by atoms with Gasteiger partial charge in [0.15, 0.2) is 5.13 Å². The lowest BCUT2D eigenvalue weighted by molar-refractivity contribution is 0.211. The number of methoxy groups -OCH3 is 1. The fraction of sp³-hybridized carbons (Fsp3) is 0.667. The maximum atomic E-state index is 4.88. The lowest BCUT2D eigenvalue weighted by Crippen LogP contribution is -2.06. The zero-order chi connectivity index (χ0) is 10.1. The summed E-state index contributed by atoms with van der Waals surface area (Å²) in [6.45, 7) is 7.53. The molecule has 0 aromatic carbocycles. The molecular formula is C9H18N2OS. The van der Waals surface area contributed by atoms with Crippen molar-refractivity contribution < 1.29 is 4.74 Å². The van der Waals surface area contributed by atoms with E-state index in [1.165, 1.54) is 0 Å². The summed E-state index contributed by atoms with van der Waals surface area (Å²) in [4.78, 5) is 4.23. The molecule has 1 aromatic heterocycles. The molecule has 4 heteroatoms. The van der Waals surface area contributed by atoms with Crippen molar-refractivity contribution in [3.63, 3.8) is 0 Å². The second-order valence-corrected chi connectivity index (χ2v) is 3.07. The minimum atomic E-state index is 0.721. The molecule has 0 aliphatic heterocycles. The Labute approximate surface area is 84.2 Å². The quantitative estimate of drug-likeness (QED) is 0.762. The number of ether oxygens (including phenoxy) is 1. The summed E-state index contributed by atoms with van der Waals surface area (Å²) in [6.07, 6.45) is 0. The van der Waals surface area contributed by atoms with Gasteiger partial charge in [-0.05, 0) is 6.92 Å². The molecule has 0 amide bonds. The third-order valence-electron chi connectivity index (χ3n) is 1.20. The van der Waals surface area contributed by atoms with E-state index in [4.69, 9.17) is 4.74 Å². The molecule has 1 N–H and O–H groups in total. The van der Waals surface area contributed by atoms with Crippen molar-refractivity contribution in [1.29, 1.82) is 0 Å². The van der Waals surface area contributed by atoms with Crippen LogP contribution in [0.25, 0.3) is 0 Å². The highest BCUT2D eigenvalue weighted by molar-refractivity contribution is 7.13. The normalized spacial score (nSPS) is 8.92. The molecule has 0 unspecified atom stereocenters. The third kappa shape index (κ3) is 5.60. The summed E-state index contributed by atoms with van der Waals surface area (Å²) in [5, 5.41) is 6.14. The van der Waals surface area contributed by atoms with Crippen molar-refractivity contribution >= 4 is 16.5 Å². The Morgan fingerprint density at radius 3 is 2.69 bits per heavy atom. The van der Waals surface area contributed by atoms with Gasteiger partial charge in [-0.3, -0.25) is 0 Å². The number of aryl methyl sites for hydroxylation is 1. The molecule has 1 heterocycles. The highest BCUT2D eigenvalue weighted by atomic mass is 32.1. The Balaban J connectivity index is 0.000000671. The largest absolute Gasteiger partial charge is 0.383 e. The van der Waals surface area contributed by atoms with Gasteiger partial charge in [-0.2, -0.15) is 0 Å². The van der Waals surface area contributed by atoms with Gasteiger partial charge in [-0.1, -0.05) is 13.8 Å². The number of nitrogens with one attached hydrogen (secondary N) is 1. The van der Waals surface area contributed by atoms with Crippen LogP contribution in [0.2, 0.25) is 0 Å². The van der Waals surface area contributed by atoms with E-state index in [0.717, 1.165) is 24.0 Å². The summed E-state index contributed by atoms with van der Waals surface area (Å²) in [5.41, 5.74) is 1.06. The molecule has 0 radical (unpaired) electrons. The maximum absolute atomic E-state index is 4.88. The fourth-order valence-corrected chi connectivity index (χ4v) is 1.41. The summed E-state index contributed by atoms with van der Waals surface area (Å²) in [7, 11) is 1.69. The summed E-state index contributed by atoms with van der Waals surface area (Å²) in [5.74, 6) is 0. The van der Waals surface area contributed by atoms with Crippen LogP contribution in [0.4, 0.5) is 5.13 Å². The van der Waals surface area contributed by atoms with E-state index in [1.807, 2.05) is 26.2 Å². The molecule has 76 valence electrons. The van der Waals surface area contributed by atoms with E-state index in [-0.39, 0.29) is 0 Å². The highest BCUT2D eigenvalue weighted by Crippen LogP contribution is 2.13. The molecule has 13 heavy (non-hydrogen) atoms. The van der Waals surface area contributed by atoms with Crippen LogP contribution in [-0.4, -0.2) is 25.2 Å². The first-order valence-electron chi connectivity index (χ1n) is 4.48. The van der Waals surface area contributed by atoms with Gasteiger partial charge in [0.25, 0.3) is 0 Å². The monoisotopic (exact) mass is 202 g/mol. The molecule has 0 spiro atoms. The lowest BCUT2D eigenvalue weighted by atomic mass is 10.6. The van der Waals surface area contributed by atoms with Crippen LogP contribution in [0.5, 0.6) is 0 Å². The Hall–Kier alpha value is -0.610. The average molecular weight is 202 g/mol. The molecular weight excluding hydrogens is 184 g/mol. The van der Waals surface area contributed by atoms with Crippen LogP contribution in [0.3, 0.4) is 0 Å². The number of thiazole rings is 1. The van der Waals surface area contributed by atoms with Crippen molar-refractivity contribution in [2.45, 2.75) is 20.8 Å². The van der Waals surface area contributed by atoms with E-state index >= 15 is 0 Å². The van der Waals surface area contributed by atoms with Crippen LogP contribution in [0.1, 0.15) is 19.5 Å². The van der Waals surface area contributed by atoms with Gasteiger partial charge in [0.2, 0.25) is 0 Å². The first-order chi connectivity index (χ1) is 6.33. The SMILES string of the molecule is CC.COCCNc1nc(C)cs1. The van der Waals surface area contributed by atoms with Crippen LogP contribution in [0, 0.1) is 6.92 Å². The minimum Gasteiger partial charge on any atom is -0.383 e. The van der Waals surface area contributed by atoms with Gasteiger partial charge in [0.1, 0.15) is 0 Å². The molecule has 0 aliphatic rings. The summed E-state index contributed by atoms with van der Waals surface area (Å²) >= 11 is 1.62. The van der Waals surface area contributed by atoms with E-state index in [1.54, 1.807) is 18.4 Å². The molecule has 0 bridgehead atoms. The van der Waals surface area contributed by atoms with Crippen LogP contribution in [-0.2, 0) is 4.74 Å². The van der Waals surface area contributed by atoms with Gasteiger partial charge in [0.05, 0.1) is 12.3 Å². The number of hydrogen-bond acceptors (Lipinski definition) is 4. The van der Waals surface area contributed by atoms with Gasteiger partial charge in [-0.25, -0.2) is 4.98 Å². The number of nitrogens with zero attached hydrogens (tertiary/aromatic N) is 1. The minimum absolute atomic E-state index is 0.721. The average Bonchev–Trinajstić information content (AvgIpc) is 2.56. The zero-order valence-corrected chi connectivity index (χ0v) is 9.57. The summed E-state index contributed by atoms with van der Waals surface area (Å²) < 4.78 is 4.88. The molecule has 0 saturated heterocycles. The van der Waals surface area contributed by atoms with Crippen LogP contribution in [0.15, 0.2) is 5.38 Å². The van der Waals surface area contributed by atoms with E-state index in [2.05, 4.69) is 10.3 Å². The number of rotatable bonds is 4. The summed E-state index contributed by atoms with van der Waals surface area (Å²) in [6, 6.07) is 0. The van der Waals surface area contributed by atoms with E-state index < -0.39 is 0 Å². The second kappa shape index (κ2) is 8.01. The number of hydrogen-bond donors (Lipinski definition) is 1. The molecule has 0 fully saturated rings.